The molecule has 1 saturated heterocycles. The van der Waals surface area contributed by atoms with E-state index >= 15 is 0 Å². The van der Waals surface area contributed by atoms with E-state index in [0.717, 1.165) is 5.69 Å². The number of carbonyl (C=O) groups is 1. The smallest absolute Gasteiger partial charge is 0.274 e. The number of carbonyl (C=O) groups excluding carboxylic acids is 1. The first-order valence-corrected chi connectivity index (χ1v) is 10.6. The van der Waals surface area contributed by atoms with Crippen molar-refractivity contribution in [3.8, 4) is 0 Å². The first-order chi connectivity index (χ1) is 12.8. The Morgan fingerprint density at radius 1 is 1.30 bits per heavy atom. The zero-order valence-corrected chi connectivity index (χ0v) is 16.0. The quantitative estimate of drug-likeness (QED) is 0.796. The summed E-state index contributed by atoms with van der Waals surface area (Å²) in [6, 6.07) is 8.01. The summed E-state index contributed by atoms with van der Waals surface area (Å²) in [6.45, 7) is 3.72. The second kappa shape index (κ2) is 8.18. The number of halogens is 1. The molecule has 0 spiro atoms. The minimum atomic E-state index is -2.95. The summed E-state index contributed by atoms with van der Waals surface area (Å²) in [4.78, 5) is 16.4. The van der Waals surface area contributed by atoms with E-state index in [1.807, 2.05) is 4.90 Å². The van der Waals surface area contributed by atoms with Crippen LogP contribution < -0.4 is 0 Å². The molecule has 0 bridgehead atoms. The van der Waals surface area contributed by atoms with Crippen molar-refractivity contribution in [2.24, 2.45) is 0 Å². The molecule has 1 amide bonds. The zero-order chi connectivity index (χ0) is 19.4. The third-order valence-electron chi connectivity index (χ3n) is 4.65. The number of nitrogens with one attached hydrogen (secondary N) is 1. The molecule has 9 heteroatoms. The maximum atomic E-state index is 14.1. The lowest BCUT2D eigenvalue weighted by molar-refractivity contribution is 0.0715. The Bertz CT molecular complexity index is 899. The highest BCUT2D eigenvalue weighted by Crippen LogP contribution is 2.13. The van der Waals surface area contributed by atoms with Gasteiger partial charge < -0.3 is 4.90 Å². The van der Waals surface area contributed by atoms with Gasteiger partial charge in [0.05, 0.1) is 11.5 Å². The molecule has 27 heavy (non-hydrogen) atoms. The van der Waals surface area contributed by atoms with Crippen LogP contribution in [0.4, 0.5) is 4.39 Å². The Labute approximate surface area is 158 Å². The van der Waals surface area contributed by atoms with Crippen LogP contribution in [0.3, 0.4) is 0 Å². The van der Waals surface area contributed by atoms with Crippen molar-refractivity contribution in [2.75, 3.05) is 37.7 Å². The van der Waals surface area contributed by atoms with Crippen molar-refractivity contribution in [1.29, 1.82) is 0 Å². The first kappa shape index (κ1) is 19.5. The van der Waals surface area contributed by atoms with Crippen molar-refractivity contribution in [2.45, 2.75) is 13.5 Å². The van der Waals surface area contributed by atoms with Crippen molar-refractivity contribution in [1.82, 2.24) is 20.0 Å². The molecule has 2 heterocycles. The SMILES string of the molecule is Cc1cc(C(=O)N(CCN2CCS(=O)(=O)CC2)Cc2ccccc2F)n[nH]1. The van der Waals surface area contributed by atoms with Crippen LogP contribution in [0, 0.1) is 12.7 Å². The number of hydrogen-bond donors (Lipinski definition) is 1. The Balaban J connectivity index is 1.71. The summed E-state index contributed by atoms with van der Waals surface area (Å²) in [7, 11) is -2.95. The van der Waals surface area contributed by atoms with Gasteiger partial charge in [-0.15, -0.1) is 0 Å². The van der Waals surface area contributed by atoms with Crippen LogP contribution in [-0.4, -0.2) is 72.0 Å². The standard InChI is InChI=1S/C18H23FN4O3S/c1-14-12-17(21-20-14)18(24)23(13-15-4-2-3-5-16(15)19)7-6-22-8-10-27(25,26)11-9-22/h2-5,12H,6-11,13H2,1H3,(H,20,21). The predicted octanol–water partition coefficient (Wildman–Crippen LogP) is 1.23. The largest absolute Gasteiger partial charge is 0.332 e. The van der Waals surface area contributed by atoms with Gasteiger partial charge in [0.2, 0.25) is 0 Å². The molecule has 2 aromatic rings. The maximum absolute atomic E-state index is 14.1. The van der Waals surface area contributed by atoms with Crippen molar-refractivity contribution >= 4 is 15.7 Å². The van der Waals surface area contributed by atoms with Crippen LogP contribution in [0.1, 0.15) is 21.7 Å². The van der Waals surface area contributed by atoms with Crippen LogP contribution in [-0.2, 0) is 16.4 Å². The highest BCUT2D eigenvalue weighted by molar-refractivity contribution is 7.91. The molecule has 1 aliphatic heterocycles. The Morgan fingerprint density at radius 3 is 2.63 bits per heavy atom. The number of aromatic amines is 1. The number of nitrogens with zero attached hydrogens (tertiary/aromatic N) is 3. The minimum absolute atomic E-state index is 0.129. The molecule has 0 saturated carbocycles. The van der Waals surface area contributed by atoms with Gasteiger partial charge in [-0.3, -0.25) is 14.8 Å². The monoisotopic (exact) mass is 394 g/mol. The second-order valence-corrected chi connectivity index (χ2v) is 9.05. The van der Waals surface area contributed by atoms with Crippen LogP contribution in [0.15, 0.2) is 30.3 Å². The Morgan fingerprint density at radius 2 is 2.00 bits per heavy atom. The molecule has 1 fully saturated rings. The summed E-state index contributed by atoms with van der Waals surface area (Å²) in [5, 5.41) is 6.76. The molecular weight excluding hydrogens is 371 g/mol. The average molecular weight is 394 g/mol. The highest BCUT2D eigenvalue weighted by atomic mass is 32.2. The molecule has 146 valence electrons. The zero-order valence-electron chi connectivity index (χ0n) is 15.2. The molecule has 1 aromatic carbocycles. The van der Waals surface area contributed by atoms with Gasteiger partial charge in [-0.2, -0.15) is 5.10 Å². The van der Waals surface area contributed by atoms with Crippen molar-refractivity contribution in [3.05, 3.63) is 53.1 Å². The van der Waals surface area contributed by atoms with Gasteiger partial charge in [0, 0.05) is 44.0 Å². The fraction of sp³-hybridized carbons (Fsp3) is 0.444. The van der Waals surface area contributed by atoms with E-state index in [-0.39, 0.29) is 35.5 Å². The molecule has 0 radical (unpaired) electrons. The van der Waals surface area contributed by atoms with Gasteiger partial charge in [0.25, 0.3) is 5.91 Å². The van der Waals surface area contributed by atoms with Gasteiger partial charge in [-0.1, -0.05) is 18.2 Å². The molecule has 7 nitrogen and oxygen atoms in total. The van der Waals surface area contributed by atoms with E-state index in [4.69, 9.17) is 0 Å². The normalized spacial score (nSPS) is 17.0. The van der Waals surface area contributed by atoms with E-state index in [1.165, 1.54) is 6.07 Å². The number of rotatable bonds is 6. The highest BCUT2D eigenvalue weighted by Gasteiger charge is 2.24. The fourth-order valence-electron chi connectivity index (χ4n) is 3.01. The molecule has 1 N–H and O–H groups in total. The molecule has 1 aliphatic rings. The topological polar surface area (TPSA) is 86.4 Å². The number of H-pyrrole nitrogens is 1. The Hall–Kier alpha value is -2.26. The second-order valence-electron chi connectivity index (χ2n) is 6.75. The van der Waals surface area contributed by atoms with E-state index in [1.54, 1.807) is 36.1 Å². The summed E-state index contributed by atoms with van der Waals surface area (Å²) in [5.41, 5.74) is 1.48. The van der Waals surface area contributed by atoms with E-state index in [0.29, 0.717) is 31.7 Å². The molecule has 0 aliphatic carbocycles. The van der Waals surface area contributed by atoms with Crippen LogP contribution in [0.2, 0.25) is 0 Å². The molecule has 0 atom stereocenters. The maximum Gasteiger partial charge on any atom is 0.274 e. The van der Waals surface area contributed by atoms with Crippen LogP contribution in [0.25, 0.3) is 0 Å². The van der Waals surface area contributed by atoms with Gasteiger partial charge in [0.1, 0.15) is 11.5 Å². The third-order valence-corrected chi connectivity index (χ3v) is 6.26. The molecule has 1 aromatic heterocycles. The van der Waals surface area contributed by atoms with Crippen LogP contribution in [0.5, 0.6) is 0 Å². The first-order valence-electron chi connectivity index (χ1n) is 8.81. The molecule has 3 rings (SSSR count). The molecular formula is C18H23FN4O3S. The number of benzene rings is 1. The summed E-state index contributed by atoms with van der Waals surface area (Å²) >= 11 is 0. The molecule has 0 unspecified atom stereocenters. The fourth-order valence-corrected chi connectivity index (χ4v) is 4.29. The minimum Gasteiger partial charge on any atom is -0.332 e. The van der Waals surface area contributed by atoms with Gasteiger partial charge in [-0.05, 0) is 19.1 Å². The lowest BCUT2D eigenvalue weighted by Crippen LogP contribution is -2.45. The number of aryl methyl sites for hydroxylation is 1. The summed E-state index contributed by atoms with van der Waals surface area (Å²) < 4.78 is 37.2. The predicted molar refractivity (Wildman–Crippen MR) is 99.6 cm³/mol. The lowest BCUT2D eigenvalue weighted by Gasteiger charge is -2.30. The van der Waals surface area contributed by atoms with Gasteiger partial charge in [0.15, 0.2) is 9.84 Å². The number of amides is 1. The Kier molecular flexibility index (Phi) is 5.91. The summed E-state index contributed by atoms with van der Waals surface area (Å²) in [6.07, 6.45) is 0. The van der Waals surface area contributed by atoms with Crippen molar-refractivity contribution < 1.29 is 17.6 Å². The number of hydrogen-bond acceptors (Lipinski definition) is 5. The third kappa shape index (κ3) is 5.14. The number of aromatic nitrogens is 2. The lowest BCUT2D eigenvalue weighted by atomic mass is 10.2. The number of sulfone groups is 1. The van der Waals surface area contributed by atoms with E-state index < -0.39 is 9.84 Å². The van der Waals surface area contributed by atoms with E-state index in [9.17, 15) is 17.6 Å². The summed E-state index contributed by atoms with van der Waals surface area (Å²) in [5.74, 6) is -0.385. The van der Waals surface area contributed by atoms with Crippen molar-refractivity contribution in [3.63, 3.8) is 0 Å². The van der Waals surface area contributed by atoms with Crippen LogP contribution >= 0.6 is 0 Å². The average Bonchev–Trinajstić information content (AvgIpc) is 3.07. The van der Waals surface area contributed by atoms with Gasteiger partial charge >= 0.3 is 0 Å². The van der Waals surface area contributed by atoms with Gasteiger partial charge in [-0.25, -0.2) is 12.8 Å². The van der Waals surface area contributed by atoms with E-state index in [2.05, 4.69) is 10.2 Å².